The van der Waals surface area contributed by atoms with Crippen molar-refractivity contribution < 1.29 is 33.8 Å². The summed E-state index contributed by atoms with van der Waals surface area (Å²) in [6.45, 7) is 13.5. The Hall–Kier alpha value is -6.91. The van der Waals surface area contributed by atoms with Crippen LogP contribution in [0.25, 0.3) is 21.7 Å². The van der Waals surface area contributed by atoms with E-state index in [4.69, 9.17) is 25.5 Å². The molecule has 2 bridgehead atoms. The lowest BCUT2D eigenvalue weighted by Crippen LogP contribution is -2.54. The van der Waals surface area contributed by atoms with E-state index in [-0.39, 0.29) is 61.0 Å². The van der Waals surface area contributed by atoms with E-state index in [0.29, 0.717) is 48.5 Å². The number of carbonyl (C=O) groups is 2. The smallest absolute Gasteiger partial charge is 0.254 e. The fourth-order valence-electron chi connectivity index (χ4n) is 11.1. The number of thiazole rings is 1. The van der Waals surface area contributed by atoms with Gasteiger partial charge in [0.25, 0.3) is 5.88 Å². The number of phenols is 1. The van der Waals surface area contributed by atoms with Gasteiger partial charge >= 0.3 is 0 Å². The van der Waals surface area contributed by atoms with Crippen LogP contribution in [0.2, 0.25) is 0 Å². The number of hydrogen-bond acceptors (Lipinski definition) is 19. The highest BCUT2D eigenvalue weighted by molar-refractivity contribution is 7.13. The molecule has 10 rings (SSSR count). The van der Waals surface area contributed by atoms with Gasteiger partial charge in [-0.1, -0.05) is 50.2 Å². The Morgan fingerprint density at radius 3 is 2.27 bits per heavy atom. The molecular weight excluding hydrogens is 975 g/mol. The Kier molecular flexibility index (Phi) is 15.8. The van der Waals surface area contributed by atoms with Crippen LogP contribution in [0.1, 0.15) is 62.1 Å². The van der Waals surface area contributed by atoms with E-state index in [1.54, 1.807) is 29.5 Å². The van der Waals surface area contributed by atoms with E-state index in [0.717, 1.165) is 91.7 Å². The number of nitrogens with zero attached hydrogens (tertiary/aromatic N) is 10. The summed E-state index contributed by atoms with van der Waals surface area (Å²) < 4.78 is 18.0. The molecule has 2 unspecified atom stereocenters. The van der Waals surface area contributed by atoms with Crippen LogP contribution in [0.5, 0.6) is 17.5 Å². The van der Waals surface area contributed by atoms with E-state index in [9.17, 15) is 19.8 Å². The molecule has 6 aromatic rings. The Balaban J connectivity index is 0.659. The van der Waals surface area contributed by atoms with Crippen molar-refractivity contribution in [3.05, 3.63) is 102 Å². The molecule has 4 aromatic heterocycles. The molecule has 0 aliphatic carbocycles. The molecular formula is C54H67N13O7S. The highest BCUT2D eigenvalue weighted by Crippen LogP contribution is 2.40. The van der Waals surface area contributed by atoms with Crippen molar-refractivity contribution in [3.63, 3.8) is 0 Å². The molecule has 0 radical (unpaired) electrons. The lowest BCUT2D eigenvalue weighted by atomic mass is 9.91. The number of β-amino-alcohol motifs (C(OH)–C–C–N with tert-alkyl or cyclic N) is 1. The molecule has 6 atom stereocenters. The van der Waals surface area contributed by atoms with E-state index in [1.165, 1.54) is 4.90 Å². The second-order valence-corrected chi connectivity index (χ2v) is 21.2. The first-order valence-electron chi connectivity index (χ1n) is 26.0. The summed E-state index contributed by atoms with van der Waals surface area (Å²) in [6, 6.07) is 21.9. The molecule has 2 amide bonds. The maximum Gasteiger partial charge on any atom is 0.254 e. The van der Waals surface area contributed by atoms with Crippen molar-refractivity contribution in [2.45, 2.75) is 76.2 Å². The molecule has 8 heterocycles. The Morgan fingerprint density at radius 2 is 1.60 bits per heavy atom. The SMILES string of the molecule is Cc1ncsc1-c1ccc([C@@H](CN)NC(=O)[C@@H]2C[C@@H](O)CN2C(=O)[C@@H](c2cc(OCCN3CCN(CCOc4cc(N5C6CCC5CN(c5cc(-c7ccccc7O)nnc5N)C6)ccn4)CC3)no2)C(C)C)cc1. The maximum atomic E-state index is 14.3. The number of aryl methyl sites for hydroxylation is 1. The molecule has 4 saturated heterocycles. The molecule has 4 fully saturated rings. The van der Waals surface area contributed by atoms with Crippen molar-refractivity contribution in [1.29, 1.82) is 0 Å². The monoisotopic (exact) mass is 1040 g/mol. The van der Waals surface area contributed by atoms with Crippen molar-refractivity contribution in [3.8, 4) is 39.2 Å². The molecule has 21 heteroatoms. The molecule has 20 nitrogen and oxygen atoms in total. The molecule has 75 heavy (non-hydrogen) atoms. The molecule has 0 spiro atoms. The number of nitrogens with two attached hydrogens (primary N) is 2. The Labute approximate surface area is 440 Å². The van der Waals surface area contributed by atoms with E-state index < -0.39 is 24.1 Å². The lowest BCUT2D eigenvalue weighted by Gasteiger charge is -2.43. The second kappa shape index (κ2) is 22.9. The number of fused-ring (bicyclic) bond motifs is 2. The fraction of sp³-hybridized carbons (Fsp3) is 0.463. The third-order valence-electron chi connectivity index (χ3n) is 15.1. The second-order valence-electron chi connectivity index (χ2n) is 20.3. The number of pyridine rings is 1. The van der Waals surface area contributed by atoms with Crippen LogP contribution in [-0.4, -0.2) is 165 Å². The van der Waals surface area contributed by atoms with E-state index in [1.807, 2.05) is 74.9 Å². The molecule has 396 valence electrons. The summed E-state index contributed by atoms with van der Waals surface area (Å²) in [5.41, 5.74) is 20.3. The van der Waals surface area contributed by atoms with Gasteiger partial charge in [0.05, 0.1) is 39.6 Å². The number of ether oxygens (including phenoxy) is 2. The topological polar surface area (TPSA) is 251 Å². The first-order chi connectivity index (χ1) is 36.4. The van der Waals surface area contributed by atoms with Gasteiger partial charge in [0.15, 0.2) is 11.6 Å². The summed E-state index contributed by atoms with van der Waals surface area (Å²) >= 11 is 1.57. The highest BCUT2D eigenvalue weighted by Gasteiger charge is 2.44. The molecule has 2 aromatic carbocycles. The Morgan fingerprint density at radius 1 is 0.893 bits per heavy atom. The van der Waals surface area contributed by atoms with Crippen LogP contribution in [0, 0.1) is 12.8 Å². The summed E-state index contributed by atoms with van der Waals surface area (Å²) in [4.78, 5) is 49.1. The number of benzene rings is 2. The third kappa shape index (κ3) is 11.5. The van der Waals surface area contributed by atoms with E-state index >= 15 is 0 Å². The van der Waals surface area contributed by atoms with Crippen molar-refractivity contribution in [2.75, 3.05) is 94.2 Å². The van der Waals surface area contributed by atoms with Gasteiger partial charge in [0.1, 0.15) is 30.9 Å². The normalized spacial score (nSPS) is 20.9. The molecule has 4 aliphatic rings. The van der Waals surface area contributed by atoms with Crippen molar-refractivity contribution >= 4 is 40.3 Å². The number of carbonyl (C=O) groups excluding carboxylic acids is 2. The van der Waals surface area contributed by atoms with Crippen LogP contribution in [0.4, 0.5) is 17.2 Å². The minimum atomic E-state index is -0.884. The average molecular weight is 1040 g/mol. The van der Waals surface area contributed by atoms with Crippen LogP contribution < -0.4 is 36.1 Å². The predicted molar refractivity (Wildman–Crippen MR) is 286 cm³/mol. The number of aromatic nitrogens is 5. The number of rotatable bonds is 19. The molecule has 0 saturated carbocycles. The molecule has 7 N–H and O–H groups in total. The number of nitrogen functional groups attached to an aromatic ring is 1. The quantitative estimate of drug-likeness (QED) is 0.0738. The zero-order chi connectivity index (χ0) is 52.2. The number of amides is 2. The van der Waals surface area contributed by atoms with Crippen molar-refractivity contribution in [2.24, 2.45) is 11.7 Å². The highest BCUT2D eigenvalue weighted by atomic mass is 32.1. The zero-order valence-electron chi connectivity index (χ0n) is 42.7. The van der Waals surface area contributed by atoms with Gasteiger partial charge < -0.3 is 55.7 Å². The standard InChI is InChI=1S/C54H67N13O7S/c1-33(2)50(54(71)66-31-40(68)25-45(66)53(70)59-43(28-55)35-8-10-36(11-9-35)51-34(3)58-32-75-51)47-27-49(62-74-47)73-23-21-64-18-16-63(17-19-64)20-22-72-48-24-37(14-15-57-48)67-38-12-13-39(67)30-65(29-38)44-26-42(60-61-52(44)56)41-6-4-5-7-46(41)69/h4-11,14-15,24,26-27,32-33,38-40,43,45,50,68-69H,12-13,16-23,25,28-31,55H2,1-3H3,(H2,56,61)(H,59,70)/t38?,39?,40-,43-,45+,50-/m1/s1. The molecule has 4 aliphatic heterocycles. The minimum absolute atomic E-state index is 0.0230. The summed E-state index contributed by atoms with van der Waals surface area (Å²) in [7, 11) is 0. The van der Waals surface area contributed by atoms with Crippen LogP contribution in [0.15, 0.2) is 89.0 Å². The number of hydrogen-bond donors (Lipinski definition) is 5. The minimum Gasteiger partial charge on any atom is -0.507 e. The van der Waals surface area contributed by atoms with Gasteiger partial charge in [0, 0.05) is 114 Å². The van der Waals surface area contributed by atoms with Crippen LogP contribution in [-0.2, 0) is 9.59 Å². The predicted octanol–water partition coefficient (Wildman–Crippen LogP) is 4.70. The zero-order valence-corrected chi connectivity index (χ0v) is 43.5. The lowest BCUT2D eigenvalue weighted by molar-refractivity contribution is -0.141. The number of para-hydroxylation sites is 1. The summed E-state index contributed by atoms with van der Waals surface area (Å²) in [5.74, 6) is 0.130. The number of piperazine rings is 2. The van der Waals surface area contributed by atoms with Crippen LogP contribution >= 0.6 is 11.3 Å². The fourth-order valence-corrected chi connectivity index (χ4v) is 11.9. The van der Waals surface area contributed by atoms with Gasteiger partial charge in [-0.3, -0.25) is 19.4 Å². The summed E-state index contributed by atoms with van der Waals surface area (Å²) in [6.07, 6.45) is 3.20. The number of aliphatic hydroxyl groups excluding tert-OH is 1. The van der Waals surface area contributed by atoms with Crippen molar-refractivity contribution in [1.82, 2.24) is 45.3 Å². The summed E-state index contributed by atoms with van der Waals surface area (Å²) in [5, 5.41) is 36.9. The first-order valence-corrected chi connectivity index (χ1v) is 26.9. The van der Waals surface area contributed by atoms with Gasteiger partial charge in [-0.25, -0.2) is 9.97 Å². The number of aromatic hydroxyl groups is 1. The van der Waals surface area contributed by atoms with Crippen LogP contribution in [0.3, 0.4) is 0 Å². The van der Waals surface area contributed by atoms with Gasteiger partial charge in [-0.15, -0.1) is 21.5 Å². The number of phenolic OH excluding ortho intramolecular Hbond substituents is 1. The maximum absolute atomic E-state index is 14.3. The third-order valence-corrected chi connectivity index (χ3v) is 16.1. The number of aliphatic hydroxyl groups is 1. The Bertz CT molecular complexity index is 2900. The van der Waals surface area contributed by atoms with Gasteiger partial charge in [-0.05, 0) is 66.2 Å². The number of nitrogens with one attached hydrogen (secondary N) is 1. The number of likely N-dealkylation sites (tertiary alicyclic amines) is 1. The largest absolute Gasteiger partial charge is 0.507 e. The van der Waals surface area contributed by atoms with Gasteiger partial charge in [0.2, 0.25) is 17.7 Å². The average Bonchev–Trinajstić information content (AvgIpc) is 4.22. The first kappa shape index (κ1) is 51.6. The number of anilines is 3. The van der Waals surface area contributed by atoms with Gasteiger partial charge in [-0.2, -0.15) is 0 Å². The van der Waals surface area contributed by atoms with E-state index in [2.05, 4.69) is 62.4 Å².